The number of anilines is 1. The van der Waals surface area contributed by atoms with Gasteiger partial charge in [-0.15, -0.1) is 5.10 Å². The zero-order valence-electron chi connectivity index (χ0n) is 21.1. The highest BCUT2D eigenvalue weighted by atomic mass is 19.4. The van der Waals surface area contributed by atoms with E-state index in [1.54, 1.807) is 17.8 Å². The summed E-state index contributed by atoms with van der Waals surface area (Å²) < 4.78 is 39.1. The van der Waals surface area contributed by atoms with Gasteiger partial charge in [0.15, 0.2) is 0 Å². The molecule has 0 saturated carbocycles. The molecule has 0 fully saturated rings. The number of hydrogen-bond acceptors (Lipinski definition) is 7. The molecule has 0 saturated heterocycles. The van der Waals surface area contributed by atoms with Crippen LogP contribution in [0.25, 0.3) is 5.69 Å². The Balaban J connectivity index is 0.000000673. The first-order valence-corrected chi connectivity index (χ1v) is 11.6. The van der Waals surface area contributed by atoms with Gasteiger partial charge in [0.2, 0.25) is 5.91 Å². The van der Waals surface area contributed by atoms with E-state index in [1.807, 2.05) is 55.6 Å². The molecule has 2 aromatic carbocycles. The van der Waals surface area contributed by atoms with Crippen molar-refractivity contribution in [1.82, 2.24) is 20.3 Å². The third-order valence-corrected chi connectivity index (χ3v) is 5.02. The highest BCUT2D eigenvalue weighted by Gasteiger charge is 2.38. The molecule has 0 spiro atoms. The van der Waals surface area contributed by atoms with Crippen molar-refractivity contribution < 1.29 is 42.5 Å². The van der Waals surface area contributed by atoms with Gasteiger partial charge >= 0.3 is 18.1 Å². The summed E-state index contributed by atoms with van der Waals surface area (Å²) in [4.78, 5) is 31.8. The number of carbonyl (C=O) groups is 3. The van der Waals surface area contributed by atoms with Crippen molar-refractivity contribution in [2.24, 2.45) is 5.92 Å². The third kappa shape index (κ3) is 11.1. The number of aromatic nitrogens is 3. The van der Waals surface area contributed by atoms with Crippen molar-refractivity contribution >= 4 is 23.5 Å². The van der Waals surface area contributed by atoms with E-state index >= 15 is 0 Å². The van der Waals surface area contributed by atoms with Gasteiger partial charge in [-0.2, -0.15) is 13.2 Å². The lowest BCUT2D eigenvalue weighted by Gasteiger charge is -2.10. The average Bonchev–Trinajstić information content (AvgIpc) is 3.35. The van der Waals surface area contributed by atoms with Gasteiger partial charge in [0.05, 0.1) is 18.3 Å². The summed E-state index contributed by atoms with van der Waals surface area (Å²) >= 11 is 0. The molecule has 0 bridgehead atoms. The van der Waals surface area contributed by atoms with Gasteiger partial charge in [-0.3, -0.25) is 9.59 Å². The monoisotopic (exact) mass is 551 g/mol. The van der Waals surface area contributed by atoms with Crippen molar-refractivity contribution in [3.05, 3.63) is 66.0 Å². The molecular weight excluding hydrogens is 523 g/mol. The van der Waals surface area contributed by atoms with Crippen LogP contribution in [0.5, 0.6) is 5.75 Å². The van der Waals surface area contributed by atoms with E-state index in [4.69, 9.17) is 19.7 Å². The minimum Gasteiger partial charge on any atom is -0.487 e. The number of alkyl halides is 3. The molecule has 1 amide bonds. The summed E-state index contributed by atoms with van der Waals surface area (Å²) in [6.45, 7) is 2.41. The number of nitrogens with zero attached hydrogens (tertiary/aromatic N) is 3. The molecule has 4 N–H and O–H groups in total. The molecule has 11 nitrogen and oxygen atoms in total. The first-order chi connectivity index (χ1) is 18.4. The van der Waals surface area contributed by atoms with Crippen LogP contribution in [-0.4, -0.2) is 62.8 Å². The van der Waals surface area contributed by atoms with Crippen LogP contribution in [0, 0.1) is 5.92 Å². The van der Waals surface area contributed by atoms with Gasteiger partial charge < -0.3 is 25.6 Å². The predicted molar refractivity (Wildman–Crippen MR) is 134 cm³/mol. The number of halogens is 3. The normalized spacial score (nSPS) is 11.5. The summed E-state index contributed by atoms with van der Waals surface area (Å²) in [5.41, 5.74) is 3.29. The minimum atomic E-state index is -5.08. The van der Waals surface area contributed by atoms with Crippen molar-refractivity contribution in [3.63, 3.8) is 0 Å². The minimum absolute atomic E-state index is 0.0232. The van der Waals surface area contributed by atoms with E-state index in [0.717, 1.165) is 22.7 Å². The zero-order chi connectivity index (χ0) is 29.0. The van der Waals surface area contributed by atoms with Gasteiger partial charge in [0, 0.05) is 25.7 Å². The van der Waals surface area contributed by atoms with E-state index in [2.05, 4.69) is 20.9 Å². The molecule has 3 rings (SSSR count). The average molecular weight is 552 g/mol. The van der Waals surface area contributed by atoms with Crippen LogP contribution < -0.4 is 15.4 Å². The Morgan fingerprint density at radius 1 is 1.10 bits per heavy atom. The third-order valence-electron chi connectivity index (χ3n) is 5.02. The summed E-state index contributed by atoms with van der Waals surface area (Å²) in [7, 11) is 1.86. The highest BCUT2D eigenvalue weighted by Crippen LogP contribution is 2.17. The van der Waals surface area contributed by atoms with Crippen molar-refractivity contribution in [3.8, 4) is 11.4 Å². The fraction of sp³-hybridized carbons (Fsp3) is 0.320. The molecule has 0 aliphatic carbocycles. The van der Waals surface area contributed by atoms with Gasteiger partial charge in [-0.1, -0.05) is 24.3 Å². The van der Waals surface area contributed by atoms with E-state index in [9.17, 15) is 22.8 Å². The van der Waals surface area contributed by atoms with Crippen molar-refractivity contribution in [1.29, 1.82) is 0 Å². The van der Waals surface area contributed by atoms with Crippen LogP contribution in [0.4, 0.5) is 18.9 Å². The van der Waals surface area contributed by atoms with Crippen LogP contribution >= 0.6 is 0 Å². The first kappa shape index (κ1) is 30.6. The summed E-state index contributed by atoms with van der Waals surface area (Å²) in [6.07, 6.45) is -3.08. The Labute approximate surface area is 221 Å². The van der Waals surface area contributed by atoms with E-state index in [-0.39, 0.29) is 31.3 Å². The van der Waals surface area contributed by atoms with Crippen LogP contribution in [0.15, 0.2) is 54.7 Å². The molecule has 210 valence electrons. The van der Waals surface area contributed by atoms with Crippen LogP contribution in [0.3, 0.4) is 0 Å². The maximum absolute atomic E-state index is 12.2. The SMILES string of the molecule is CNc1ccc(OCc2cn(-c3cccc(CC(=O)NC[C@H](C)CC(=O)O)c3)nn2)cc1.O=C(O)C(F)(F)F. The smallest absolute Gasteiger partial charge is 0.487 e. The van der Waals surface area contributed by atoms with Gasteiger partial charge in [0.25, 0.3) is 0 Å². The second-order valence-electron chi connectivity index (χ2n) is 8.37. The fourth-order valence-electron chi connectivity index (χ4n) is 3.08. The van der Waals surface area contributed by atoms with Crippen LogP contribution in [0.1, 0.15) is 24.6 Å². The molecule has 3 aromatic rings. The second kappa shape index (κ2) is 14.4. The number of rotatable bonds is 11. The topological polar surface area (TPSA) is 156 Å². The molecule has 1 heterocycles. The quantitative estimate of drug-likeness (QED) is 0.281. The van der Waals surface area contributed by atoms with Crippen molar-refractivity contribution in [2.75, 3.05) is 18.9 Å². The Hall–Kier alpha value is -4.62. The summed E-state index contributed by atoms with van der Waals surface area (Å²) in [5, 5.41) is 30.1. The Morgan fingerprint density at radius 2 is 1.77 bits per heavy atom. The highest BCUT2D eigenvalue weighted by molar-refractivity contribution is 5.78. The number of hydrogen-bond donors (Lipinski definition) is 4. The molecule has 0 radical (unpaired) electrons. The summed E-state index contributed by atoms with van der Waals surface area (Å²) in [5.74, 6) is -3.17. The number of aliphatic carboxylic acids is 2. The predicted octanol–water partition coefficient (Wildman–Crippen LogP) is 3.29. The maximum atomic E-state index is 12.2. The van der Waals surface area contributed by atoms with Gasteiger partial charge in [-0.25, -0.2) is 9.48 Å². The van der Waals surface area contributed by atoms with Crippen LogP contribution in [-0.2, 0) is 27.4 Å². The lowest BCUT2D eigenvalue weighted by atomic mass is 10.1. The Kier molecular flexibility index (Phi) is 11.3. The van der Waals surface area contributed by atoms with E-state index in [0.29, 0.717) is 12.2 Å². The standard InChI is InChI=1S/C23H27N5O4.C2HF3O2/c1-16(10-23(30)31)13-25-22(29)12-17-4-3-5-20(11-17)28-14-19(26-27-28)15-32-21-8-6-18(24-2)7-9-21;3-2(4,5)1(6)7/h3-9,11,14,16,24H,10,12-13,15H2,1-2H3,(H,25,29)(H,30,31);(H,6,7)/t16-;/m1./s1. The number of carboxylic acid groups (broad SMARTS) is 2. The molecule has 1 aromatic heterocycles. The Morgan fingerprint density at radius 3 is 2.36 bits per heavy atom. The number of amides is 1. The first-order valence-electron chi connectivity index (χ1n) is 11.6. The fourth-order valence-corrected chi connectivity index (χ4v) is 3.08. The molecule has 39 heavy (non-hydrogen) atoms. The number of ether oxygens (including phenoxy) is 1. The molecule has 0 unspecified atom stereocenters. The second-order valence-corrected chi connectivity index (χ2v) is 8.37. The summed E-state index contributed by atoms with van der Waals surface area (Å²) in [6, 6.07) is 15.1. The molecule has 1 atom stereocenters. The lowest BCUT2D eigenvalue weighted by Crippen LogP contribution is -2.30. The molecule has 0 aliphatic heterocycles. The van der Waals surface area contributed by atoms with Gasteiger partial charge in [0.1, 0.15) is 18.1 Å². The molecular formula is C25H28F3N5O6. The van der Waals surface area contributed by atoms with E-state index < -0.39 is 18.1 Å². The molecule has 0 aliphatic rings. The van der Waals surface area contributed by atoms with Crippen LogP contribution in [0.2, 0.25) is 0 Å². The van der Waals surface area contributed by atoms with Gasteiger partial charge in [-0.05, 0) is 47.9 Å². The number of nitrogens with one attached hydrogen (secondary N) is 2. The number of carboxylic acids is 2. The lowest BCUT2D eigenvalue weighted by molar-refractivity contribution is -0.192. The largest absolute Gasteiger partial charge is 0.490 e. The Bertz CT molecular complexity index is 1250. The number of benzene rings is 2. The maximum Gasteiger partial charge on any atom is 0.490 e. The zero-order valence-corrected chi connectivity index (χ0v) is 21.1. The van der Waals surface area contributed by atoms with Crippen molar-refractivity contribution in [2.45, 2.75) is 32.5 Å². The molecule has 14 heteroatoms. The van der Waals surface area contributed by atoms with E-state index in [1.165, 1.54) is 0 Å². The number of carbonyl (C=O) groups excluding carboxylic acids is 1.